The van der Waals surface area contributed by atoms with E-state index in [1.807, 2.05) is 100 Å². The standard InChI is InChI=1S/C26H29O3S.C17H30O2.C16H26O3.C13H18O5.C9H16F2O5S/c1-4-26(2,3)25(27)29-20-19-28-21-15-17-24(18-16-21)30(22-11-7-5-8-12-22)23-13-9-6-10-14-23;1-5-15(2,3)14(18)19-16(4)10-6-7-11-17(16)12-8-9-13-17;1-4-14(2,3)13(17)19-16-8-11-5-12(9-16)7-15(18,6-11)10-16;1-4-13(2,3)12(15)18-9-7-5-6-8(16-7)10(9)17-11(6)14;1-5-8(3,4)7(12)16-6(2)9(10,11)17(13,14)15/h5-18H,4,19-20H2,1-3H3;5-13H2,1-4H3;11-12,18H,4-10H2,1-3H3;6-10H,4-5H2,1-3H3;6H,5H2,1-4H3,(H,13,14,15)/q+1;;;;/p-1. The molecule has 22 heteroatoms. The number of esters is 6. The molecule has 9 aliphatic rings. The summed E-state index contributed by atoms with van der Waals surface area (Å²) in [6.45, 7) is 31.5. The second-order valence-corrected chi connectivity index (χ2v) is 36.9. The Morgan fingerprint density at radius 1 is 0.602 bits per heavy atom. The van der Waals surface area contributed by atoms with E-state index in [1.165, 1.54) is 79.9 Å². The maximum absolute atomic E-state index is 13.0. The van der Waals surface area contributed by atoms with Gasteiger partial charge >= 0.3 is 41.1 Å². The highest BCUT2D eigenvalue weighted by molar-refractivity contribution is 7.97. The van der Waals surface area contributed by atoms with Crippen LogP contribution >= 0.6 is 0 Å². The molecule has 0 radical (unpaired) electrons. The van der Waals surface area contributed by atoms with Crippen molar-refractivity contribution in [3.8, 4) is 5.75 Å². The zero-order valence-corrected chi connectivity index (χ0v) is 65.9. The van der Waals surface area contributed by atoms with E-state index in [0.29, 0.717) is 51.0 Å². The minimum atomic E-state index is -5.86. The van der Waals surface area contributed by atoms with Crippen molar-refractivity contribution < 1.29 is 93.5 Å². The molecule has 9 fully saturated rings. The third-order valence-corrected chi connectivity index (χ3v) is 27.0. The number of halogens is 2. The van der Waals surface area contributed by atoms with E-state index in [1.54, 1.807) is 6.92 Å². The van der Waals surface area contributed by atoms with Crippen LogP contribution < -0.4 is 4.74 Å². The third-order valence-electron chi connectivity index (χ3n) is 23.7. The summed E-state index contributed by atoms with van der Waals surface area (Å²) in [6.07, 6.45) is 16.1. The Morgan fingerprint density at radius 2 is 1.05 bits per heavy atom. The van der Waals surface area contributed by atoms with Crippen LogP contribution in [0.4, 0.5) is 8.78 Å². The Bertz CT molecular complexity index is 3420. The van der Waals surface area contributed by atoms with Crippen molar-refractivity contribution in [3.05, 3.63) is 84.9 Å². The summed E-state index contributed by atoms with van der Waals surface area (Å²) < 4.78 is 101. The van der Waals surface area contributed by atoms with Crippen LogP contribution in [0.3, 0.4) is 0 Å². The van der Waals surface area contributed by atoms with Crippen LogP contribution in [-0.2, 0) is 82.9 Å². The molecule has 0 amide bonds. The predicted octanol–water partition coefficient (Wildman–Crippen LogP) is 16.6. The monoisotopic (exact) mass is 1480 g/mol. The molecule has 3 aliphatic heterocycles. The second kappa shape index (κ2) is 33.6. The molecule has 3 heterocycles. The largest absolute Gasteiger partial charge is 0.743 e. The van der Waals surface area contributed by atoms with Crippen LogP contribution in [0.5, 0.6) is 5.75 Å². The van der Waals surface area contributed by atoms with Gasteiger partial charge in [-0.25, -0.2) is 8.42 Å². The van der Waals surface area contributed by atoms with Gasteiger partial charge in [0.15, 0.2) is 43.1 Å². The van der Waals surface area contributed by atoms with Gasteiger partial charge in [-0.2, -0.15) is 8.78 Å². The van der Waals surface area contributed by atoms with Gasteiger partial charge in [-0.3, -0.25) is 28.8 Å². The zero-order valence-electron chi connectivity index (χ0n) is 64.2. The highest BCUT2D eigenvalue weighted by Crippen LogP contribution is 2.60. The van der Waals surface area contributed by atoms with Gasteiger partial charge in [0, 0.05) is 11.8 Å². The molecule has 6 aliphatic carbocycles. The highest BCUT2D eigenvalue weighted by atomic mass is 32.2. The van der Waals surface area contributed by atoms with Gasteiger partial charge in [-0.1, -0.05) is 90.3 Å². The van der Waals surface area contributed by atoms with Crippen LogP contribution in [0.2, 0.25) is 0 Å². The first-order valence-electron chi connectivity index (χ1n) is 37.5. The van der Waals surface area contributed by atoms with Gasteiger partial charge in [-0.05, 0) is 246 Å². The average molecular weight is 1480 g/mol. The van der Waals surface area contributed by atoms with Gasteiger partial charge in [0.05, 0.1) is 55.6 Å². The Hall–Kier alpha value is -5.68. The van der Waals surface area contributed by atoms with Crippen LogP contribution in [0, 0.1) is 50.2 Å². The first-order chi connectivity index (χ1) is 47.9. The summed E-state index contributed by atoms with van der Waals surface area (Å²) >= 11 is 0. The molecule has 0 aromatic heterocycles. The summed E-state index contributed by atoms with van der Waals surface area (Å²) in [5.74, 6) is 0.0585. The molecule has 3 aromatic carbocycles. The summed E-state index contributed by atoms with van der Waals surface area (Å²) in [5, 5.41) is 6.02. The minimum Gasteiger partial charge on any atom is -0.743 e. The molecular weight excluding hydrogens is 1360 g/mol. The molecule has 6 bridgehead atoms. The Balaban J connectivity index is 0.000000184. The molecular formula is C81H118F2O18S2. The lowest BCUT2D eigenvalue weighted by molar-refractivity contribution is -0.225. The van der Waals surface area contributed by atoms with Gasteiger partial charge in [-0.15, -0.1) is 0 Å². The fraction of sp³-hybridized carbons (Fsp3) is 0.704. The number of hydrogen-bond acceptors (Lipinski definition) is 18. The maximum Gasteiger partial charge on any atom is 0.369 e. The van der Waals surface area contributed by atoms with Crippen LogP contribution in [0.1, 0.15) is 246 Å². The Labute approximate surface area is 614 Å². The van der Waals surface area contributed by atoms with E-state index < -0.39 is 66.9 Å². The van der Waals surface area contributed by atoms with E-state index in [0.717, 1.165) is 57.1 Å². The summed E-state index contributed by atoms with van der Waals surface area (Å²) in [4.78, 5) is 75.7. The van der Waals surface area contributed by atoms with Crippen molar-refractivity contribution in [2.24, 2.45) is 50.2 Å². The van der Waals surface area contributed by atoms with Gasteiger partial charge in [0.2, 0.25) is 0 Å². The zero-order chi connectivity index (χ0) is 76.6. The number of benzene rings is 3. The number of hydrogen-bond donors (Lipinski definition) is 1. The lowest BCUT2D eigenvalue weighted by atomic mass is 9.52. The molecule has 9 atom stereocenters. The van der Waals surface area contributed by atoms with Crippen molar-refractivity contribution in [2.45, 2.75) is 313 Å². The summed E-state index contributed by atoms with van der Waals surface area (Å²) in [6, 6.07) is 29.3. The Morgan fingerprint density at radius 3 is 1.52 bits per heavy atom. The predicted molar refractivity (Wildman–Crippen MR) is 387 cm³/mol. The number of fused-ring (bicyclic) bond motifs is 1. The van der Waals surface area contributed by atoms with E-state index in [9.17, 15) is 55.6 Å². The number of carbonyl (C=O) groups is 6. The van der Waals surface area contributed by atoms with Gasteiger partial charge < -0.3 is 47.6 Å². The first kappa shape index (κ1) is 84.6. The number of aliphatic hydroxyl groups is 1. The van der Waals surface area contributed by atoms with Crippen molar-refractivity contribution in [3.63, 3.8) is 0 Å². The van der Waals surface area contributed by atoms with Crippen LogP contribution in [-0.4, -0.2) is 120 Å². The van der Waals surface area contributed by atoms with E-state index in [2.05, 4.69) is 79.2 Å². The van der Waals surface area contributed by atoms with Crippen molar-refractivity contribution in [1.29, 1.82) is 0 Å². The van der Waals surface area contributed by atoms with E-state index in [4.69, 9.17) is 33.2 Å². The minimum absolute atomic E-state index is 0.00525. The number of carbonyl (C=O) groups excluding carboxylic acids is 6. The number of alkyl halides is 2. The van der Waals surface area contributed by atoms with Crippen LogP contribution in [0.15, 0.2) is 99.6 Å². The molecule has 1 N–H and O–H groups in total. The SMILES string of the molecule is CCC(C)(C)C(=O)OC(C)C(F)(F)S(=O)(=O)[O-].CCC(C)(C)C(=O)OC1(C)CCCCC12CCCC2.CCC(C)(C)C(=O)OC12CC3CC(CC(O)(C3)C1)C2.CCC(C)(C)C(=O)OC1C2CC3C(=O)OC1C3O2.CCC(C)(C)C(=O)OCCOc1ccc([S+](c2ccccc2)c2ccccc2)cc1. The smallest absolute Gasteiger partial charge is 0.369 e. The highest BCUT2D eigenvalue weighted by Gasteiger charge is 2.66. The van der Waals surface area contributed by atoms with Gasteiger partial charge in [0.1, 0.15) is 36.3 Å². The third kappa shape index (κ3) is 20.1. The topological polar surface area (TPSA) is 254 Å². The quantitative estimate of drug-likeness (QED) is 0.0304. The molecule has 9 unspecified atom stereocenters. The Kier molecular flexibility index (Phi) is 27.6. The van der Waals surface area contributed by atoms with E-state index >= 15 is 0 Å². The molecule has 576 valence electrons. The fourth-order valence-corrected chi connectivity index (χ4v) is 17.6. The van der Waals surface area contributed by atoms with Crippen LogP contribution in [0.25, 0.3) is 0 Å². The second-order valence-electron chi connectivity index (χ2n) is 33.5. The molecule has 103 heavy (non-hydrogen) atoms. The molecule has 6 saturated carbocycles. The van der Waals surface area contributed by atoms with E-state index in [-0.39, 0.29) is 87.5 Å². The fourth-order valence-electron chi connectivity index (χ4n) is 15.0. The average Bonchev–Trinajstić information content (AvgIpc) is 1.27. The first-order valence-corrected chi connectivity index (χ1v) is 40.1. The molecule has 3 aromatic rings. The maximum atomic E-state index is 13.0. The van der Waals surface area contributed by atoms with Crippen molar-refractivity contribution in [1.82, 2.24) is 0 Å². The molecule has 18 nitrogen and oxygen atoms in total. The van der Waals surface area contributed by atoms with Gasteiger partial charge in [0.25, 0.3) is 0 Å². The normalized spacial score (nSPS) is 26.9. The van der Waals surface area contributed by atoms with Crippen molar-refractivity contribution >= 4 is 56.8 Å². The molecule has 3 saturated heterocycles. The summed E-state index contributed by atoms with van der Waals surface area (Å²) in [7, 11) is -6.03. The summed E-state index contributed by atoms with van der Waals surface area (Å²) in [5.41, 5.74) is -3.58. The molecule has 1 spiro atoms. The van der Waals surface area contributed by atoms with Crippen molar-refractivity contribution in [2.75, 3.05) is 13.2 Å². The number of rotatable bonds is 23. The molecule has 12 rings (SSSR count). The lowest BCUT2D eigenvalue weighted by Crippen LogP contribution is -2.61. The number of ether oxygens (including phenoxy) is 8. The lowest BCUT2D eigenvalue weighted by Gasteiger charge is -2.59.